The number of hydrogen-bond donors (Lipinski definition) is 1. The number of nitrogens with one attached hydrogen (secondary N) is 1. The van der Waals surface area contributed by atoms with Crippen molar-refractivity contribution in [1.82, 2.24) is 4.98 Å². The molecule has 0 aliphatic rings. The van der Waals surface area contributed by atoms with E-state index < -0.39 is 0 Å². The SMILES string of the molecule is Cc1ccc(-c2cc(-c3ccc(Cl)cc3)c(C#N)c(SCC(=O)Nc3ccccc3-c3ccccc3)n2)cc1. The predicted octanol–water partition coefficient (Wildman–Crippen LogP) is 8.65. The second kappa shape index (κ2) is 12.0. The number of rotatable bonds is 7. The minimum atomic E-state index is -0.178. The molecule has 1 N–H and O–H groups in total. The molecule has 6 heteroatoms. The van der Waals surface area contributed by atoms with Gasteiger partial charge >= 0.3 is 0 Å². The van der Waals surface area contributed by atoms with Crippen LogP contribution >= 0.6 is 23.4 Å². The third-order valence-corrected chi connectivity index (χ3v) is 7.45. The molecule has 0 saturated heterocycles. The lowest BCUT2D eigenvalue weighted by molar-refractivity contribution is -0.113. The Morgan fingerprint density at radius 1 is 0.846 bits per heavy atom. The lowest BCUT2D eigenvalue weighted by Crippen LogP contribution is -2.15. The van der Waals surface area contributed by atoms with Gasteiger partial charge in [0.1, 0.15) is 11.1 Å². The van der Waals surface area contributed by atoms with Crippen LogP contribution in [-0.4, -0.2) is 16.6 Å². The number of carbonyl (C=O) groups is 1. The zero-order valence-electron chi connectivity index (χ0n) is 21.2. The van der Waals surface area contributed by atoms with E-state index in [1.165, 1.54) is 11.8 Å². The molecule has 0 aliphatic heterocycles. The molecule has 0 spiro atoms. The van der Waals surface area contributed by atoms with Crippen LogP contribution in [0.1, 0.15) is 11.1 Å². The summed E-state index contributed by atoms with van der Waals surface area (Å²) < 4.78 is 0. The van der Waals surface area contributed by atoms with Gasteiger partial charge in [0.25, 0.3) is 0 Å². The Morgan fingerprint density at radius 2 is 1.49 bits per heavy atom. The van der Waals surface area contributed by atoms with E-state index in [1.54, 1.807) is 12.1 Å². The highest BCUT2D eigenvalue weighted by Gasteiger charge is 2.18. The maximum atomic E-state index is 13.1. The van der Waals surface area contributed by atoms with Gasteiger partial charge in [-0.2, -0.15) is 5.26 Å². The molecule has 1 heterocycles. The van der Waals surface area contributed by atoms with Gasteiger partial charge in [-0.1, -0.05) is 114 Å². The first-order valence-corrected chi connectivity index (χ1v) is 13.7. The molecule has 5 aromatic rings. The van der Waals surface area contributed by atoms with Crippen molar-refractivity contribution in [3.8, 4) is 39.6 Å². The molecule has 4 aromatic carbocycles. The molecule has 0 bridgehead atoms. The Hall–Kier alpha value is -4.37. The van der Waals surface area contributed by atoms with Gasteiger partial charge in [0, 0.05) is 27.4 Å². The van der Waals surface area contributed by atoms with E-state index in [9.17, 15) is 10.1 Å². The first kappa shape index (κ1) is 26.2. The smallest absolute Gasteiger partial charge is 0.234 e. The lowest BCUT2D eigenvalue weighted by Gasteiger charge is -2.14. The van der Waals surface area contributed by atoms with Gasteiger partial charge in [-0.25, -0.2) is 4.98 Å². The number of thioether (sulfide) groups is 1. The Bertz CT molecular complexity index is 1660. The minimum absolute atomic E-state index is 0.0994. The highest BCUT2D eigenvalue weighted by Crippen LogP contribution is 2.35. The fourth-order valence-corrected chi connectivity index (χ4v) is 5.17. The van der Waals surface area contributed by atoms with E-state index in [4.69, 9.17) is 16.6 Å². The van der Waals surface area contributed by atoms with Crippen LogP contribution in [0.2, 0.25) is 5.02 Å². The Kier molecular flexibility index (Phi) is 8.07. The topological polar surface area (TPSA) is 65.8 Å². The normalized spacial score (nSPS) is 10.6. The highest BCUT2D eigenvalue weighted by molar-refractivity contribution is 8.00. The fourth-order valence-electron chi connectivity index (χ4n) is 4.25. The number of anilines is 1. The quantitative estimate of drug-likeness (QED) is 0.208. The van der Waals surface area contributed by atoms with Gasteiger partial charge in [-0.05, 0) is 42.3 Å². The van der Waals surface area contributed by atoms with Gasteiger partial charge in [0.05, 0.1) is 17.0 Å². The summed E-state index contributed by atoms with van der Waals surface area (Å²) in [6.07, 6.45) is 0. The number of nitriles is 1. The highest BCUT2D eigenvalue weighted by atomic mass is 35.5. The number of nitrogens with zero attached hydrogens (tertiary/aromatic N) is 2. The van der Waals surface area contributed by atoms with Gasteiger partial charge in [0.2, 0.25) is 5.91 Å². The average Bonchev–Trinajstić information content (AvgIpc) is 2.97. The molecule has 1 aromatic heterocycles. The molecule has 0 radical (unpaired) electrons. The number of hydrogen-bond acceptors (Lipinski definition) is 4. The molecular weight excluding hydrogens is 522 g/mol. The number of para-hydroxylation sites is 1. The number of aryl methyl sites for hydroxylation is 1. The molecule has 5 rings (SSSR count). The van der Waals surface area contributed by atoms with Gasteiger partial charge in [-0.3, -0.25) is 4.79 Å². The summed E-state index contributed by atoms with van der Waals surface area (Å²) in [4.78, 5) is 17.9. The third kappa shape index (κ3) is 6.21. The zero-order valence-corrected chi connectivity index (χ0v) is 22.8. The number of halogens is 1. The first-order chi connectivity index (χ1) is 19.0. The molecule has 0 atom stereocenters. The number of pyridine rings is 1. The largest absolute Gasteiger partial charge is 0.325 e. The molecule has 0 fully saturated rings. The van der Waals surface area contributed by atoms with E-state index >= 15 is 0 Å². The van der Waals surface area contributed by atoms with Gasteiger partial charge in [-0.15, -0.1) is 0 Å². The fraction of sp³-hybridized carbons (Fsp3) is 0.0606. The van der Waals surface area contributed by atoms with E-state index in [-0.39, 0.29) is 11.7 Å². The van der Waals surface area contributed by atoms with Crippen molar-refractivity contribution < 1.29 is 4.79 Å². The average molecular weight is 546 g/mol. The van der Waals surface area contributed by atoms with Crippen LogP contribution in [0.4, 0.5) is 5.69 Å². The van der Waals surface area contributed by atoms with Crippen molar-refractivity contribution in [1.29, 1.82) is 5.26 Å². The maximum Gasteiger partial charge on any atom is 0.234 e. The molecule has 39 heavy (non-hydrogen) atoms. The number of carbonyl (C=O) groups excluding carboxylic acids is 1. The summed E-state index contributed by atoms with van der Waals surface area (Å²) in [7, 11) is 0. The van der Waals surface area contributed by atoms with Crippen molar-refractivity contribution in [3.63, 3.8) is 0 Å². The van der Waals surface area contributed by atoms with Crippen molar-refractivity contribution in [2.75, 3.05) is 11.1 Å². The molecule has 0 unspecified atom stereocenters. The van der Waals surface area contributed by atoms with Crippen molar-refractivity contribution in [3.05, 3.63) is 125 Å². The Balaban J connectivity index is 1.46. The molecule has 1 amide bonds. The second-order valence-corrected chi connectivity index (χ2v) is 10.4. The molecule has 190 valence electrons. The van der Waals surface area contributed by atoms with E-state index in [1.807, 2.05) is 104 Å². The minimum Gasteiger partial charge on any atom is -0.325 e. The van der Waals surface area contributed by atoms with E-state index in [0.717, 1.165) is 44.8 Å². The van der Waals surface area contributed by atoms with Crippen LogP contribution in [0.3, 0.4) is 0 Å². The summed E-state index contributed by atoms with van der Waals surface area (Å²) in [5.41, 5.74) is 7.54. The number of aromatic nitrogens is 1. The number of benzene rings is 4. The number of amides is 1. The zero-order chi connectivity index (χ0) is 27.2. The summed E-state index contributed by atoms with van der Waals surface area (Å²) in [5, 5.41) is 14.3. The van der Waals surface area contributed by atoms with Crippen LogP contribution in [0.15, 0.2) is 114 Å². The van der Waals surface area contributed by atoms with Crippen molar-refractivity contribution in [2.24, 2.45) is 0 Å². The predicted molar refractivity (Wildman–Crippen MR) is 161 cm³/mol. The molecule has 0 aliphatic carbocycles. The molecule has 0 saturated carbocycles. The van der Waals surface area contributed by atoms with Crippen molar-refractivity contribution >= 4 is 35.0 Å². The van der Waals surface area contributed by atoms with Crippen LogP contribution in [0, 0.1) is 18.3 Å². The van der Waals surface area contributed by atoms with Crippen LogP contribution < -0.4 is 5.32 Å². The monoisotopic (exact) mass is 545 g/mol. The van der Waals surface area contributed by atoms with E-state index in [2.05, 4.69) is 11.4 Å². The van der Waals surface area contributed by atoms with E-state index in [0.29, 0.717) is 15.6 Å². The van der Waals surface area contributed by atoms with Gasteiger partial charge < -0.3 is 5.32 Å². The summed E-state index contributed by atoms with van der Waals surface area (Å²) in [6.45, 7) is 2.03. The van der Waals surface area contributed by atoms with Crippen LogP contribution in [0.25, 0.3) is 33.5 Å². The van der Waals surface area contributed by atoms with Crippen LogP contribution in [-0.2, 0) is 4.79 Å². The van der Waals surface area contributed by atoms with Crippen molar-refractivity contribution in [2.45, 2.75) is 11.9 Å². The lowest BCUT2D eigenvalue weighted by atomic mass is 9.99. The summed E-state index contributed by atoms with van der Waals surface area (Å²) >= 11 is 7.37. The second-order valence-electron chi connectivity index (χ2n) is 8.97. The van der Waals surface area contributed by atoms with Crippen LogP contribution in [0.5, 0.6) is 0 Å². The van der Waals surface area contributed by atoms with Gasteiger partial charge in [0.15, 0.2) is 0 Å². The summed E-state index contributed by atoms with van der Waals surface area (Å²) in [6, 6.07) is 37.3. The summed E-state index contributed by atoms with van der Waals surface area (Å²) in [5.74, 6) is -0.0785. The standard InChI is InChI=1S/C33H24ClN3OS/c1-22-11-13-25(14-12-22)31-19-28(24-15-17-26(34)18-16-24)29(20-35)33(37-31)39-21-32(38)36-30-10-6-5-9-27(30)23-7-3-2-4-8-23/h2-19H,21H2,1H3,(H,36,38). The maximum absolute atomic E-state index is 13.1. The third-order valence-electron chi connectivity index (χ3n) is 6.23. The Labute approximate surface area is 237 Å². The first-order valence-electron chi connectivity index (χ1n) is 12.4. The molecular formula is C33H24ClN3OS. The Morgan fingerprint density at radius 3 is 2.21 bits per heavy atom. The molecule has 4 nitrogen and oxygen atoms in total.